The van der Waals surface area contributed by atoms with Crippen molar-refractivity contribution in [3.63, 3.8) is 0 Å². The van der Waals surface area contributed by atoms with Crippen LogP contribution in [0.2, 0.25) is 0 Å². The number of aryl methyl sites for hydroxylation is 1. The van der Waals surface area contributed by atoms with E-state index in [-0.39, 0.29) is 17.5 Å². The van der Waals surface area contributed by atoms with Gasteiger partial charge in [0.2, 0.25) is 5.91 Å². The average Bonchev–Trinajstić information content (AvgIpc) is 2.32. The molecule has 1 aliphatic rings. The molecule has 4 heteroatoms. The summed E-state index contributed by atoms with van der Waals surface area (Å²) in [6.45, 7) is 4.22. The van der Waals surface area contributed by atoms with Crippen molar-refractivity contribution in [3.8, 4) is 0 Å². The van der Waals surface area contributed by atoms with E-state index in [0.717, 1.165) is 31.4 Å². The van der Waals surface area contributed by atoms with Crippen molar-refractivity contribution in [1.29, 1.82) is 0 Å². The minimum atomic E-state index is -0.0565. The third-order valence-corrected chi connectivity index (χ3v) is 3.40. The summed E-state index contributed by atoms with van der Waals surface area (Å²) in [6, 6.07) is 2.02. The lowest BCUT2D eigenvalue weighted by Crippen LogP contribution is -2.37. The van der Waals surface area contributed by atoms with Crippen LogP contribution in [0.4, 0.5) is 0 Å². The van der Waals surface area contributed by atoms with Gasteiger partial charge in [-0.1, -0.05) is 0 Å². The van der Waals surface area contributed by atoms with E-state index in [0.29, 0.717) is 5.56 Å². The molecular formula is C13H18N2O2. The number of nitrogens with one attached hydrogen (secondary N) is 1. The fourth-order valence-electron chi connectivity index (χ4n) is 2.47. The highest BCUT2D eigenvalue weighted by Crippen LogP contribution is 2.30. The Morgan fingerprint density at radius 2 is 2.24 bits per heavy atom. The van der Waals surface area contributed by atoms with Gasteiger partial charge in [-0.05, 0) is 37.8 Å². The maximum absolute atomic E-state index is 11.6. The lowest BCUT2D eigenvalue weighted by molar-refractivity contribution is -0.132. The quantitative estimate of drug-likeness (QED) is 0.805. The summed E-state index contributed by atoms with van der Waals surface area (Å²) in [4.78, 5) is 27.6. The van der Waals surface area contributed by atoms with E-state index in [1.54, 1.807) is 20.0 Å². The van der Waals surface area contributed by atoms with Crippen LogP contribution in [0.25, 0.3) is 0 Å². The molecule has 17 heavy (non-hydrogen) atoms. The molecule has 1 saturated heterocycles. The van der Waals surface area contributed by atoms with Crippen LogP contribution in [0.5, 0.6) is 0 Å². The third-order valence-electron chi connectivity index (χ3n) is 3.40. The second-order valence-corrected chi connectivity index (χ2v) is 4.67. The number of nitrogens with zero attached hydrogens (tertiary/aromatic N) is 1. The van der Waals surface area contributed by atoms with Crippen LogP contribution in [0, 0.1) is 6.92 Å². The predicted molar refractivity (Wildman–Crippen MR) is 65.8 cm³/mol. The Balaban J connectivity index is 2.32. The maximum Gasteiger partial charge on any atom is 0.250 e. The minimum absolute atomic E-state index is 0.0565. The Bertz CT molecular complexity index is 479. The highest BCUT2D eigenvalue weighted by molar-refractivity contribution is 5.74. The van der Waals surface area contributed by atoms with Crippen LogP contribution in [0.15, 0.2) is 17.1 Å². The Morgan fingerprint density at radius 3 is 2.88 bits per heavy atom. The average molecular weight is 234 g/mol. The number of piperidine rings is 1. The molecule has 0 unspecified atom stereocenters. The highest BCUT2D eigenvalue weighted by atomic mass is 16.2. The first-order chi connectivity index (χ1) is 8.09. The van der Waals surface area contributed by atoms with E-state index in [1.165, 1.54) is 0 Å². The molecule has 1 amide bonds. The van der Waals surface area contributed by atoms with Crippen LogP contribution in [0.3, 0.4) is 0 Å². The molecule has 1 fully saturated rings. The fourth-order valence-corrected chi connectivity index (χ4v) is 2.47. The maximum atomic E-state index is 11.6. The van der Waals surface area contributed by atoms with E-state index in [2.05, 4.69) is 4.98 Å². The molecule has 1 aromatic heterocycles. The van der Waals surface area contributed by atoms with Gasteiger partial charge in [0.15, 0.2) is 0 Å². The Morgan fingerprint density at radius 1 is 1.47 bits per heavy atom. The number of amides is 1. The summed E-state index contributed by atoms with van der Waals surface area (Å²) < 4.78 is 0. The first kappa shape index (κ1) is 11.9. The molecule has 1 atom stereocenters. The zero-order valence-electron chi connectivity index (χ0n) is 10.3. The zero-order valence-corrected chi connectivity index (χ0v) is 10.3. The van der Waals surface area contributed by atoms with Crippen LogP contribution in [-0.4, -0.2) is 22.3 Å². The van der Waals surface area contributed by atoms with Crippen LogP contribution in [-0.2, 0) is 4.79 Å². The van der Waals surface area contributed by atoms with Gasteiger partial charge < -0.3 is 9.88 Å². The number of carbonyl (C=O) groups is 1. The number of carbonyl (C=O) groups excluding carboxylic acids is 1. The first-order valence-corrected chi connectivity index (χ1v) is 6.06. The van der Waals surface area contributed by atoms with Gasteiger partial charge in [-0.3, -0.25) is 9.59 Å². The normalized spacial score (nSPS) is 20.4. The third kappa shape index (κ3) is 2.40. The molecule has 2 heterocycles. The van der Waals surface area contributed by atoms with E-state index in [9.17, 15) is 9.59 Å². The standard InChI is InChI=1S/C13H18N2O2/c1-9-7-11(8-14-13(9)17)12-5-3-4-6-15(12)10(2)16/h7-8,12H,3-6H2,1-2H3,(H,14,17)/t12-/m1/s1. The fraction of sp³-hybridized carbons (Fsp3) is 0.538. The Hall–Kier alpha value is -1.58. The molecule has 4 nitrogen and oxygen atoms in total. The molecule has 0 bridgehead atoms. The number of rotatable bonds is 1. The number of pyridine rings is 1. The molecule has 0 radical (unpaired) electrons. The molecule has 0 aromatic carbocycles. The number of aromatic amines is 1. The predicted octanol–water partition coefficient (Wildman–Crippen LogP) is 1.76. The molecule has 0 aliphatic carbocycles. The molecule has 2 rings (SSSR count). The zero-order chi connectivity index (χ0) is 12.4. The summed E-state index contributed by atoms with van der Waals surface area (Å²) >= 11 is 0. The Labute approximate surface area is 101 Å². The Kier molecular flexibility index (Phi) is 3.31. The van der Waals surface area contributed by atoms with Crippen LogP contribution in [0.1, 0.15) is 43.4 Å². The minimum Gasteiger partial charge on any atom is -0.336 e. The number of hydrogen-bond donors (Lipinski definition) is 1. The number of hydrogen-bond acceptors (Lipinski definition) is 2. The summed E-state index contributed by atoms with van der Waals surface area (Å²) in [5, 5.41) is 0. The van der Waals surface area contributed by atoms with Crippen molar-refractivity contribution in [2.45, 2.75) is 39.2 Å². The first-order valence-electron chi connectivity index (χ1n) is 6.06. The lowest BCUT2D eigenvalue weighted by Gasteiger charge is -2.35. The topological polar surface area (TPSA) is 53.2 Å². The highest BCUT2D eigenvalue weighted by Gasteiger charge is 2.25. The largest absolute Gasteiger partial charge is 0.336 e. The molecule has 92 valence electrons. The summed E-state index contributed by atoms with van der Waals surface area (Å²) in [5.41, 5.74) is 1.69. The van der Waals surface area contributed by atoms with E-state index in [1.807, 2.05) is 11.0 Å². The van der Waals surface area contributed by atoms with Gasteiger partial charge in [-0.15, -0.1) is 0 Å². The van der Waals surface area contributed by atoms with E-state index < -0.39 is 0 Å². The monoisotopic (exact) mass is 234 g/mol. The van der Waals surface area contributed by atoms with E-state index in [4.69, 9.17) is 0 Å². The van der Waals surface area contributed by atoms with Gasteiger partial charge >= 0.3 is 0 Å². The molecule has 1 aromatic rings. The van der Waals surface area contributed by atoms with Crippen molar-refractivity contribution in [2.24, 2.45) is 0 Å². The van der Waals surface area contributed by atoms with Gasteiger partial charge in [0.05, 0.1) is 6.04 Å². The smallest absolute Gasteiger partial charge is 0.250 e. The number of aromatic nitrogens is 1. The van der Waals surface area contributed by atoms with Crippen LogP contribution < -0.4 is 5.56 Å². The summed E-state index contributed by atoms with van der Waals surface area (Å²) in [7, 11) is 0. The van der Waals surface area contributed by atoms with Gasteiger partial charge in [0.1, 0.15) is 0 Å². The second kappa shape index (κ2) is 4.73. The second-order valence-electron chi connectivity index (χ2n) is 4.67. The molecule has 1 N–H and O–H groups in total. The number of likely N-dealkylation sites (tertiary alicyclic amines) is 1. The van der Waals surface area contributed by atoms with Gasteiger partial charge in [-0.25, -0.2) is 0 Å². The molecule has 0 saturated carbocycles. The lowest BCUT2D eigenvalue weighted by atomic mass is 9.95. The van der Waals surface area contributed by atoms with Gasteiger partial charge in [-0.2, -0.15) is 0 Å². The SMILES string of the molecule is CC(=O)N1CCCC[C@@H]1c1c[nH]c(=O)c(C)c1. The molecule has 1 aliphatic heterocycles. The summed E-state index contributed by atoms with van der Waals surface area (Å²) in [5.74, 6) is 0.110. The van der Waals surface area contributed by atoms with Crippen molar-refractivity contribution < 1.29 is 4.79 Å². The van der Waals surface area contributed by atoms with Crippen molar-refractivity contribution in [2.75, 3.05) is 6.54 Å². The molecule has 0 spiro atoms. The van der Waals surface area contributed by atoms with Crippen LogP contribution >= 0.6 is 0 Å². The van der Waals surface area contributed by atoms with Crippen molar-refractivity contribution in [1.82, 2.24) is 9.88 Å². The van der Waals surface area contributed by atoms with Gasteiger partial charge in [0.25, 0.3) is 5.56 Å². The summed E-state index contributed by atoms with van der Waals surface area (Å²) in [6.07, 6.45) is 4.91. The number of H-pyrrole nitrogens is 1. The van der Waals surface area contributed by atoms with Gasteiger partial charge in [0, 0.05) is 25.2 Å². The van der Waals surface area contributed by atoms with Crippen molar-refractivity contribution >= 4 is 5.91 Å². The van der Waals surface area contributed by atoms with Crippen molar-refractivity contribution in [3.05, 3.63) is 33.7 Å². The molecular weight excluding hydrogens is 216 g/mol. The van der Waals surface area contributed by atoms with E-state index >= 15 is 0 Å².